The smallest absolute Gasteiger partial charge is 0.274 e. The highest BCUT2D eigenvalue weighted by Gasteiger charge is 2.30. The summed E-state index contributed by atoms with van der Waals surface area (Å²) in [6, 6.07) is 7.00. The number of aromatic nitrogens is 2. The number of rotatable bonds is 4. The monoisotopic (exact) mass is 382 g/mol. The van der Waals surface area contributed by atoms with E-state index >= 15 is 0 Å². The van der Waals surface area contributed by atoms with Crippen LogP contribution in [0.2, 0.25) is 5.02 Å². The molecule has 0 aliphatic carbocycles. The van der Waals surface area contributed by atoms with Gasteiger partial charge in [-0.3, -0.25) is 4.79 Å². The van der Waals surface area contributed by atoms with Crippen molar-refractivity contribution in [3.05, 3.63) is 46.7 Å². The molecule has 1 aliphatic rings. The number of hydrogen-bond donors (Lipinski definition) is 1. The second-order valence-electron chi connectivity index (χ2n) is 6.18. The summed E-state index contributed by atoms with van der Waals surface area (Å²) in [5.74, 6) is -0.207. The minimum Gasteiger partial charge on any atom is -0.336 e. The molecule has 1 saturated heterocycles. The van der Waals surface area contributed by atoms with Crippen LogP contribution in [0.5, 0.6) is 0 Å². The zero-order valence-corrected chi connectivity index (χ0v) is 15.5. The molecule has 1 amide bonds. The van der Waals surface area contributed by atoms with E-state index in [4.69, 9.17) is 11.6 Å². The molecule has 1 N–H and O–H groups in total. The maximum absolute atomic E-state index is 12.7. The van der Waals surface area contributed by atoms with E-state index in [2.05, 4.69) is 9.82 Å². The number of nitrogens with zero attached hydrogens (tertiary/aromatic N) is 3. The number of nitrogens with one attached hydrogen (secondary N) is 1. The van der Waals surface area contributed by atoms with Crippen molar-refractivity contribution in [2.24, 2.45) is 0 Å². The van der Waals surface area contributed by atoms with Gasteiger partial charge in [0.25, 0.3) is 5.91 Å². The lowest BCUT2D eigenvalue weighted by molar-refractivity contribution is 0.0783. The van der Waals surface area contributed by atoms with Gasteiger partial charge in [0, 0.05) is 30.9 Å². The fourth-order valence-electron chi connectivity index (χ4n) is 2.93. The third-order valence-corrected chi connectivity index (χ3v) is 5.14. The zero-order valence-electron chi connectivity index (χ0n) is 13.9. The Labute approximate surface area is 151 Å². The Balaban J connectivity index is 1.79. The molecular formula is C16H19ClN4O3S. The third-order valence-electron chi connectivity index (χ3n) is 4.06. The molecule has 134 valence electrons. The third kappa shape index (κ3) is 4.02. The highest BCUT2D eigenvalue weighted by Crippen LogP contribution is 2.22. The molecule has 0 spiro atoms. The van der Waals surface area contributed by atoms with Crippen LogP contribution >= 0.6 is 11.6 Å². The fourth-order valence-corrected chi connectivity index (χ4v) is 3.95. The van der Waals surface area contributed by atoms with Gasteiger partial charge in [-0.1, -0.05) is 23.7 Å². The van der Waals surface area contributed by atoms with E-state index < -0.39 is 10.0 Å². The molecule has 0 bridgehead atoms. The van der Waals surface area contributed by atoms with E-state index in [1.54, 1.807) is 21.8 Å². The van der Waals surface area contributed by atoms with Crippen LogP contribution < -0.4 is 4.72 Å². The van der Waals surface area contributed by atoms with Crippen molar-refractivity contribution in [2.75, 3.05) is 19.3 Å². The number of para-hydroxylation sites is 1. The van der Waals surface area contributed by atoms with E-state index in [1.165, 1.54) is 0 Å². The highest BCUT2D eigenvalue weighted by molar-refractivity contribution is 7.88. The Bertz CT molecular complexity index is 910. The van der Waals surface area contributed by atoms with Crippen LogP contribution in [0.25, 0.3) is 5.69 Å². The highest BCUT2D eigenvalue weighted by atomic mass is 35.5. The number of benzene rings is 1. The molecule has 1 aromatic carbocycles. The Morgan fingerprint density at radius 1 is 1.36 bits per heavy atom. The lowest BCUT2D eigenvalue weighted by atomic mass is 10.2. The fraction of sp³-hybridized carbons (Fsp3) is 0.375. The van der Waals surface area contributed by atoms with Crippen molar-refractivity contribution in [3.8, 4) is 5.69 Å². The molecule has 1 atom stereocenters. The van der Waals surface area contributed by atoms with Crippen LogP contribution in [0, 0.1) is 6.92 Å². The summed E-state index contributed by atoms with van der Waals surface area (Å²) >= 11 is 6.19. The van der Waals surface area contributed by atoms with Crippen LogP contribution in [-0.2, 0) is 10.0 Å². The van der Waals surface area contributed by atoms with E-state index in [9.17, 15) is 13.2 Å². The molecule has 1 aliphatic heterocycles. The molecule has 7 nitrogen and oxygen atoms in total. The van der Waals surface area contributed by atoms with Gasteiger partial charge < -0.3 is 4.90 Å². The Kier molecular flexibility index (Phi) is 4.86. The van der Waals surface area contributed by atoms with Crippen molar-refractivity contribution in [3.63, 3.8) is 0 Å². The summed E-state index contributed by atoms with van der Waals surface area (Å²) in [7, 11) is -3.29. The lowest BCUT2D eigenvalue weighted by Crippen LogP contribution is -2.38. The van der Waals surface area contributed by atoms with Crippen LogP contribution in [0.3, 0.4) is 0 Å². The molecule has 3 rings (SSSR count). The summed E-state index contributed by atoms with van der Waals surface area (Å²) in [5, 5.41) is 4.93. The summed E-state index contributed by atoms with van der Waals surface area (Å²) in [5.41, 5.74) is 1.79. The zero-order chi connectivity index (χ0) is 18.2. The maximum Gasteiger partial charge on any atom is 0.274 e. The first-order chi connectivity index (χ1) is 11.7. The molecule has 0 saturated carbocycles. The normalized spacial score (nSPS) is 17.9. The lowest BCUT2D eigenvalue weighted by Gasteiger charge is -2.15. The average Bonchev–Trinajstić information content (AvgIpc) is 3.12. The summed E-state index contributed by atoms with van der Waals surface area (Å²) in [4.78, 5) is 14.4. The minimum absolute atomic E-state index is 0.207. The van der Waals surface area contributed by atoms with Crippen LogP contribution in [0.1, 0.15) is 22.5 Å². The van der Waals surface area contributed by atoms with Crippen molar-refractivity contribution < 1.29 is 13.2 Å². The van der Waals surface area contributed by atoms with Gasteiger partial charge in [0.2, 0.25) is 10.0 Å². The van der Waals surface area contributed by atoms with Gasteiger partial charge in [-0.05, 0) is 25.5 Å². The van der Waals surface area contributed by atoms with Crippen LogP contribution in [0.4, 0.5) is 0 Å². The number of carbonyl (C=O) groups is 1. The van der Waals surface area contributed by atoms with Gasteiger partial charge in [0.15, 0.2) is 5.69 Å². The Morgan fingerprint density at radius 3 is 2.76 bits per heavy atom. The molecule has 0 radical (unpaired) electrons. The quantitative estimate of drug-likeness (QED) is 0.870. The second kappa shape index (κ2) is 6.78. The predicted octanol–water partition coefficient (Wildman–Crippen LogP) is 1.60. The van der Waals surface area contributed by atoms with E-state index in [1.807, 2.05) is 25.1 Å². The van der Waals surface area contributed by atoms with E-state index in [-0.39, 0.29) is 11.9 Å². The molecule has 9 heteroatoms. The summed E-state index contributed by atoms with van der Waals surface area (Å²) in [6.45, 7) is 2.64. The molecule has 1 fully saturated rings. The van der Waals surface area contributed by atoms with Crippen molar-refractivity contribution >= 4 is 27.5 Å². The first-order valence-corrected chi connectivity index (χ1v) is 10.1. The first-order valence-electron chi connectivity index (χ1n) is 7.82. The molecule has 1 unspecified atom stereocenters. The Morgan fingerprint density at radius 2 is 2.08 bits per heavy atom. The first kappa shape index (κ1) is 17.9. The molecule has 2 aromatic rings. The topological polar surface area (TPSA) is 84.3 Å². The average molecular weight is 383 g/mol. The second-order valence-corrected chi connectivity index (χ2v) is 8.37. The Hall–Kier alpha value is -1.90. The molecule has 1 aromatic heterocycles. The maximum atomic E-state index is 12.7. The number of likely N-dealkylation sites (tertiary alicyclic amines) is 1. The number of amides is 1. The molecular weight excluding hydrogens is 364 g/mol. The van der Waals surface area contributed by atoms with E-state index in [0.29, 0.717) is 35.9 Å². The summed E-state index contributed by atoms with van der Waals surface area (Å²) < 4.78 is 26.8. The van der Waals surface area contributed by atoms with Crippen molar-refractivity contribution in [2.45, 2.75) is 19.4 Å². The summed E-state index contributed by atoms with van der Waals surface area (Å²) in [6.07, 6.45) is 3.47. The number of sulfonamides is 1. The van der Waals surface area contributed by atoms with Gasteiger partial charge in [-0.2, -0.15) is 5.10 Å². The van der Waals surface area contributed by atoms with Gasteiger partial charge in [-0.25, -0.2) is 17.8 Å². The van der Waals surface area contributed by atoms with Gasteiger partial charge in [-0.15, -0.1) is 0 Å². The number of halogens is 1. The number of hydrogen-bond acceptors (Lipinski definition) is 4. The molecule has 25 heavy (non-hydrogen) atoms. The van der Waals surface area contributed by atoms with E-state index in [0.717, 1.165) is 11.8 Å². The van der Waals surface area contributed by atoms with Crippen molar-refractivity contribution in [1.82, 2.24) is 19.4 Å². The van der Waals surface area contributed by atoms with Crippen LogP contribution in [-0.4, -0.2) is 54.4 Å². The minimum atomic E-state index is -3.29. The SMILES string of the molecule is Cc1cn(-c2ccccc2Cl)nc1C(=O)N1CCC(NS(C)(=O)=O)C1. The van der Waals surface area contributed by atoms with Crippen molar-refractivity contribution in [1.29, 1.82) is 0 Å². The van der Waals surface area contributed by atoms with Gasteiger partial charge in [0.05, 0.1) is 17.0 Å². The largest absolute Gasteiger partial charge is 0.336 e. The standard InChI is InChI=1S/C16H19ClN4O3S/c1-11-9-21(14-6-4-3-5-13(14)17)18-15(11)16(22)20-8-7-12(10-20)19-25(2,23)24/h3-6,9,12,19H,7-8,10H2,1-2H3. The molecule has 2 heterocycles. The van der Waals surface area contributed by atoms with Crippen LogP contribution in [0.15, 0.2) is 30.5 Å². The van der Waals surface area contributed by atoms with Gasteiger partial charge in [0.1, 0.15) is 0 Å². The number of carbonyl (C=O) groups excluding carboxylic acids is 1. The van der Waals surface area contributed by atoms with Gasteiger partial charge >= 0.3 is 0 Å². The number of aryl methyl sites for hydroxylation is 1. The predicted molar refractivity (Wildman–Crippen MR) is 95.6 cm³/mol.